The molecule has 4 rings (SSSR count). The molecule has 0 bridgehead atoms. The van der Waals surface area contributed by atoms with E-state index in [1.807, 2.05) is 97.9 Å². The SMILES string of the molecule is C[C@@H](OC(=O)c1ccccc1C(=O)O)C(c1ccccc1)(c1ccccc1)c1ccccc1. The van der Waals surface area contributed by atoms with Gasteiger partial charge in [-0.1, -0.05) is 103 Å². The molecule has 4 aromatic carbocycles. The fourth-order valence-electron chi connectivity index (χ4n) is 4.47. The Hall–Kier alpha value is -4.18. The monoisotopic (exact) mass is 436 g/mol. The van der Waals surface area contributed by atoms with E-state index in [1.165, 1.54) is 12.1 Å². The number of carboxylic acids is 1. The number of benzene rings is 4. The number of hydrogen-bond donors (Lipinski definition) is 1. The van der Waals surface area contributed by atoms with Gasteiger partial charge in [0.1, 0.15) is 6.10 Å². The Bertz CT molecular complexity index is 1140. The van der Waals surface area contributed by atoms with Crippen LogP contribution in [-0.2, 0) is 10.2 Å². The molecular weight excluding hydrogens is 412 g/mol. The van der Waals surface area contributed by atoms with Gasteiger partial charge in [0.05, 0.1) is 16.5 Å². The highest BCUT2D eigenvalue weighted by atomic mass is 16.5. The van der Waals surface area contributed by atoms with Crippen LogP contribution in [0.5, 0.6) is 0 Å². The van der Waals surface area contributed by atoms with Crippen molar-refractivity contribution in [2.45, 2.75) is 18.4 Å². The number of carbonyl (C=O) groups is 2. The second kappa shape index (κ2) is 9.53. The van der Waals surface area contributed by atoms with E-state index in [2.05, 4.69) is 0 Å². The molecule has 164 valence electrons. The van der Waals surface area contributed by atoms with Crippen LogP contribution >= 0.6 is 0 Å². The van der Waals surface area contributed by atoms with Crippen molar-refractivity contribution >= 4 is 11.9 Å². The highest BCUT2D eigenvalue weighted by Gasteiger charge is 2.44. The number of carbonyl (C=O) groups excluding carboxylic acids is 1. The summed E-state index contributed by atoms with van der Waals surface area (Å²) in [6.07, 6.45) is -0.654. The molecule has 1 N–H and O–H groups in total. The van der Waals surface area contributed by atoms with E-state index < -0.39 is 23.5 Å². The molecule has 4 aromatic rings. The normalized spacial score (nSPS) is 12.0. The number of rotatable bonds is 7. The summed E-state index contributed by atoms with van der Waals surface area (Å²) in [4.78, 5) is 24.9. The van der Waals surface area contributed by atoms with Crippen LogP contribution in [0.2, 0.25) is 0 Å². The van der Waals surface area contributed by atoms with Crippen LogP contribution in [0.4, 0.5) is 0 Å². The fourth-order valence-corrected chi connectivity index (χ4v) is 4.47. The van der Waals surface area contributed by atoms with Crippen molar-refractivity contribution < 1.29 is 19.4 Å². The Labute approximate surface area is 193 Å². The first kappa shape index (κ1) is 22.0. The lowest BCUT2D eigenvalue weighted by atomic mass is 9.66. The largest absolute Gasteiger partial charge is 0.478 e. The molecule has 0 unspecified atom stereocenters. The predicted octanol–water partition coefficient (Wildman–Crippen LogP) is 5.96. The zero-order valence-electron chi connectivity index (χ0n) is 18.2. The molecule has 0 aliphatic rings. The van der Waals surface area contributed by atoms with E-state index in [0.717, 1.165) is 16.7 Å². The smallest absolute Gasteiger partial charge is 0.339 e. The average Bonchev–Trinajstić information content (AvgIpc) is 2.86. The van der Waals surface area contributed by atoms with Crippen molar-refractivity contribution in [1.82, 2.24) is 0 Å². The van der Waals surface area contributed by atoms with E-state index in [1.54, 1.807) is 12.1 Å². The number of ether oxygens (including phenoxy) is 1. The minimum Gasteiger partial charge on any atom is -0.478 e. The molecule has 0 fully saturated rings. The minimum atomic E-state index is -1.17. The molecule has 0 saturated heterocycles. The van der Waals surface area contributed by atoms with Gasteiger partial charge in [-0.15, -0.1) is 0 Å². The summed E-state index contributed by atoms with van der Waals surface area (Å²) in [6, 6.07) is 35.9. The van der Waals surface area contributed by atoms with Crippen LogP contribution in [0.3, 0.4) is 0 Å². The fraction of sp³-hybridized carbons (Fsp3) is 0.103. The molecule has 0 spiro atoms. The minimum absolute atomic E-state index is 0.0277. The molecule has 0 heterocycles. The summed E-state index contributed by atoms with van der Waals surface area (Å²) < 4.78 is 6.05. The van der Waals surface area contributed by atoms with Gasteiger partial charge in [-0.25, -0.2) is 9.59 Å². The van der Waals surface area contributed by atoms with E-state index in [0.29, 0.717) is 0 Å². The Morgan fingerprint density at radius 2 is 1.00 bits per heavy atom. The summed E-state index contributed by atoms with van der Waals surface area (Å²) in [5, 5.41) is 9.53. The third-order valence-electron chi connectivity index (χ3n) is 5.96. The van der Waals surface area contributed by atoms with Crippen LogP contribution < -0.4 is 0 Å². The number of hydrogen-bond acceptors (Lipinski definition) is 3. The third-order valence-corrected chi connectivity index (χ3v) is 5.96. The summed E-state index contributed by atoms with van der Waals surface area (Å²) in [5.74, 6) is -1.84. The highest BCUT2D eigenvalue weighted by molar-refractivity contribution is 6.02. The maximum Gasteiger partial charge on any atom is 0.339 e. The van der Waals surface area contributed by atoms with Gasteiger partial charge in [0.15, 0.2) is 0 Å². The van der Waals surface area contributed by atoms with Gasteiger partial charge in [-0.05, 0) is 35.7 Å². The Morgan fingerprint density at radius 1 is 0.636 bits per heavy atom. The first-order chi connectivity index (χ1) is 16.0. The molecule has 0 aliphatic carbocycles. The molecule has 33 heavy (non-hydrogen) atoms. The Balaban J connectivity index is 1.89. The zero-order valence-corrected chi connectivity index (χ0v) is 18.2. The van der Waals surface area contributed by atoms with Crippen LogP contribution in [0.1, 0.15) is 44.3 Å². The molecule has 4 nitrogen and oxygen atoms in total. The molecule has 0 aromatic heterocycles. The maximum absolute atomic E-state index is 13.2. The van der Waals surface area contributed by atoms with Crippen molar-refractivity contribution in [3.8, 4) is 0 Å². The van der Waals surface area contributed by atoms with Crippen molar-refractivity contribution in [3.05, 3.63) is 143 Å². The van der Waals surface area contributed by atoms with Crippen molar-refractivity contribution in [2.24, 2.45) is 0 Å². The number of aromatic carboxylic acids is 1. The molecule has 0 radical (unpaired) electrons. The topological polar surface area (TPSA) is 63.6 Å². The second-order valence-corrected chi connectivity index (χ2v) is 7.80. The molecule has 4 heteroatoms. The maximum atomic E-state index is 13.2. The summed E-state index contributed by atoms with van der Waals surface area (Å²) >= 11 is 0. The standard InChI is InChI=1S/C29H24O4/c1-21(33-28(32)26-20-12-11-19-25(26)27(30)31)29(22-13-5-2-6-14-22,23-15-7-3-8-16-23)24-17-9-4-10-18-24/h2-21H,1H3,(H,30,31)/t21-/m1/s1. The summed E-state index contributed by atoms with van der Waals surface area (Å²) in [5.41, 5.74) is 2.04. The van der Waals surface area contributed by atoms with Gasteiger partial charge in [0.25, 0.3) is 0 Å². The van der Waals surface area contributed by atoms with Gasteiger partial charge in [-0.3, -0.25) is 0 Å². The van der Waals surface area contributed by atoms with Crippen LogP contribution in [-0.4, -0.2) is 23.1 Å². The van der Waals surface area contributed by atoms with Crippen molar-refractivity contribution in [2.75, 3.05) is 0 Å². The summed E-state index contributed by atoms with van der Waals surface area (Å²) in [7, 11) is 0. The lowest BCUT2D eigenvalue weighted by molar-refractivity contribution is 0.0224. The second-order valence-electron chi connectivity index (χ2n) is 7.80. The quantitative estimate of drug-likeness (QED) is 0.287. The van der Waals surface area contributed by atoms with Gasteiger partial charge in [-0.2, -0.15) is 0 Å². The predicted molar refractivity (Wildman–Crippen MR) is 127 cm³/mol. The van der Waals surface area contributed by atoms with E-state index in [4.69, 9.17) is 4.74 Å². The van der Waals surface area contributed by atoms with E-state index in [-0.39, 0.29) is 11.1 Å². The molecule has 1 atom stereocenters. The Morgan fingerprint density at radius 3 is 1.39 bits per heavy atom. The van der Waals surface area contributed by atoms with Crippen molar-refractivity contribution in [3.63, 3.8) is 0 Å². The molecule has 0 amide bonds. The highest BCUT2D eigenvalue weighted by Crippen LogP contribution is 2.43. The molecular formula is C29H24O4. The van der Waals surface area contributed by atoms with Gasteiger partial charge in [0.2, 0.25) is 0 Å². The average molecular weight is 437 g/mol. The zero-order chi connectivity index (χ0) is 23.3. The lowest BCUT2D eigenvalue weighted by Crippen LogP contribution is -2.43. The third kappa shape index (κ3) is 4.15. The van der Waals surface area contributed by atoms with Crippen LogP contribution in [0, 0.1) is 0 Å². The summed E-state index contributed by atoms with van der Waals surface area (Å²) in [6.45, 7) is 1.86. The number of esters is 1. The van der Waals surface area contributed by atoms with Gasteiger partial charge < -0.3 is 9.84 Å². The molecule has 0 aliphatic heterocycles. The first-order valence-electron chi connectivity index (χ1n) is 10.7. The van der Waals surface area contributed by atoms with Crippen LogP contribution in [0.15, 0.2) is 115 Å². The molecule has 0 saturated carbocycles. The van der Waals surface area contributed by atoms with Gasteiger partial charge >= 0.3 is 11.9 Å². The van der Waals surface area contributed by atoms with Gasteiger partial charge in [0, 0.05) is 0 Å². The van der Waals surface area contributed by atoms with E-state index in [9.17, 15) is 14.7 Å². The van der Waals surface area contributed by atoms with E-state index >= 15 is 0 Å². The van der Waals surface area contributed by atoms with Crippen molar-refractivity contribution in [1.29, 1.82) is 0 Å². The first-order valence-corrected chi connectivity index (χ1v) is 10.7. The van der Waals surface area contributed by atoms with Crippen LogP contribution in [0.25, 0.3) is 0 Å². The lowest BCUT2D eigenvalue weighted by Gasteiger charge is -2.40. The Kier molecular flexibility index (Phi) is 6.36. The number of carboxylic acid groups (broad SMARTS) is 1.